The number of aliphatic hydroxyl groups is 1. The highest BCUT2D eigenvalue weighted by Crippen LogP contribution is 2.22. The molecule has 1 N–H and O–H groups in total. The van der Waals surface area contributed by atoms with Crippen LogP contribution in [-0.4, -0.2) is 10.1 Å². The number of hydrogen-bond donors (Lipinski definition) is 1. The number of aromatic nitrogens is 1. The third kappa shape index (κ3) is 1.80. The van der Waals surface area contributed by atoms with Gasteiger partial charge < -0.3 is 9.52 Å². The molecule has 1 rings (SSSR count). The molecule has 62 valence electrons. The van der Waals surface area contributed by atoms with E-state index in [2.05, 4.69) is 4.98 Å². The average Bonchev–Trinajstić information content (AvgIpc) is 2.32. The second kappa shape index (κ2) is 2.66. The lowest BCUT2D eigenvalue weighted by Gasteiger charge is -2.12. The normalized spacial score (nSPS) is 12.0. The third-order valence-corrected chi connectivity index (χ3v) is 1.43. The van der Waals surface area contributed by atoms with E-state index in [9.17, 15) is 0 Å². The molecule has 0 fully saturated rings. The minimum Gasteiger partial charge on any atom is -0.443 e. The van der Waals surface area contributed by atoms with Crippen LogP contribution in [0, 0.1) is 0 Å². The molecule has 0 saturated carbocycles. The van der Waals surface area contributed by atoms with Gasteiger partial charge in [0, 0.05) is 5.41 Å². The summed E-state index contributed by atoms with van der Waals surface area (Å²) in [5.74, 6) is 1.19. The van der Waals surface area contributed by atoms with E-state index in [4.69, 9.17) is 9.52 Å². The van der Waals surface area contributed by atoms with E-state index in [1.54, 1.807) is 6.20 Å². The monoisotopic (exact) mass is 155 g/mol. The molecule has 1 aromatic rings. The Bertz CT molecular complexity index is 234. The second-order valence-electron chi connectivity index (χ2n) is 3.53. The SMILES string of the molecule is CC(C)(C)c1cnc(CO)o1. The first kappa shape index (κ1) is 8.27. The minimum atomic E-state index is -0.129. The highest BCUT2D eigenvalue weighted by atomic mass is 16.4. The third-order valence-electron chi connectivity index (χ3n) is 1.43. The molecule has 0 amide bonds. The Morgan fingerprint density at radius 3 is 2.45 bits per heavy atom. The standard InChI is InChI=1S/C8H13NO2/c1-8(2,3)6-4-9-7(5-10)11-6/h4,10H,5H2,1-3H3. The smallest absolute Gasteiger partial charge is 0.220 e. The molecule has 3 nitrogen and oxygen atoms in total. The Hall–Kier alpha value is -0.830. The van der Waals surface area contributed by atoms with Crippen LogP contribution in [0.2, 0.25) is 0 Å². The summed E-state index contributed by atoms with van der Waals surface area (Å²) in [5, 5.41) is 8.66. The van der Waals surface area contributed by atoms with Crippen molar-refractivity contribution in [3.63, 3.8) is 0 Å². The Kier molecular flexibility index (Phi) is 2.00. The molecule has 0 spiro atoms. The average molecular weight is 155 g/mol. The fraction of sp³-hybridized carbons (Fsp3) is 0.625. The van der Waals surface area contributed by atoms with Crippen LogP contribution in [-0.2, 0) is 12.0 Å². The van der Waals surface area contributed by atoms with Crippen molar-refractivity contribution in [3.8, 4) is 0 Å². The maximum absolute atomic E-state index is 8.66. The first-order valence-corrected chi connectivity index (χ1v) is 3.60. The molecule has 0 saturated heterocycles. The number of oxazole rings is 1. The Morgan fingerprint density at radius 1 is 1.55 bits per heavy atom. The summed E-state index contributed by atoms with van der Waals surface area (Å²) < 4.78 is 5.24. The van der Waals surface area contributed by atoms with E-state index < -0.39 is 0 Å². The Labute approximate surface area is 66.1 Å². The van der Waals surface area contributed by atoms with Crippen LogP contribution in [0.5, 0.6) is 0 Å². The lowest BCUT2D eigenvalue weighted by atomic mass is 9.94. The van der Waals surface area contributed by atoms with Gasteiger partial charge in [-0.1, -0.05) is 20.8 Å². The largest absolute Gasteiger partial charge is 0.443 e. The van der Waals surface area contributed by atoms with Gasteiger partial charge in [-0.3, -0.25) is 0 Å². The van der Waals surface area contributed by atoms with Gasteiger partial charge in [-0.15, -0.1) is 0 Å². The van der Waals surface area contributed by atoms with Crippen LogP contribution in [0.4, 0.5) is 0 Å². The molecule has 0 radical (unpaired) electrons. The summed E-state index contributed by atoms with van der Waals surface area (Å²) in [6, 6.07) is 0. The van der Waals surface area contributed by atoms with Gasteiger partial charge in [-0.05, 0) is 0 Å². The van der Waals surface area contributed by atoms with Crippen molar-refractivity contribution in [1.29, 1.82) is 0 Å². The summed E-state index contributed by atoms with van der Waals surface area (Å²) in [5.41, 5.74) is -0.0274. The molecule has 1 aromatic heterocycles. The summed E-state index contributed by atoms with van der Waals surface area (Å²) in [7, 11) is 0. The molecule has 0 bridgehead atoms. The summed E-state index contributed by atoms with van der Waals surface area (Å²) >= 11 is 0. The predicted molar refractivity (Wildman–Crippen MR) is 41.1 cm³/mol. The van der Waals surface area contributed by atoms with E-state index in [0.29, 0.717) is 5.89 Å². The summed E-state index contributed by atoms with van der Waals surface area (Å²) in [6.45, 7) is 5.98. The quantitative estimate of drug-likeness (QED) is 0.667. The maximum atomic E-state index is 8.66. The molecule has 0 aromatic carbocycles. The Balaban J connectivity index is 2.89. The zero-order chi connectivity index (χ0) is 8.48. The van der Waals surface area contributed by atoms with Crippen molar-refractivity contribution in [2.75, 3.05) is 0 Å². The van der Waals surface area contributed by atoms with E-state index in [1.165, 1.54) is 0 Å². The minimum absolute atomic E-state index is 0.0274. The van der Waals surface area contributed by atoms with Crippen molar-refractivity contribution in [2.45, 2.75) is 32.8 Å². The number of rotatable bonds is 1. The lowest BCUT2D eigenvalue weighted by Crippen LogP contribution is -2.09. The topological polar surface area (TPSA) is 46.3 Å². The van der Waals surface area contributed by atoms with Gasteiger partial charge >= 0.3 is 0 Å². The van der Waals surface area contributed by atoms with Gasteiger partial charge in [0.2, 0.25) is 5.89 Å². The van der Waals surface area contributed by atoms with E-state index in [0.717, 1.165) is 5.76 Å². The van der Waals surface area contributed by atoms with Crippen LogP contribution in [0.3, 0.4) is 0 Å². The fourth-order valence-electron chi connectivity index (χ4n) is 0.730. The maximum Gasteiger partial charge on any atom is 0.220 e. The van der Waals surface area contributed by atoms with Crippen LogP contribution in [0.15, 0.2) is 10.6 Å². The van der Waals surface area contributed by atoms with Crippen molar-refractivity contribution < 1.29 is 9.52 Å². The lowest BCUT2D eigenvalue weighted by molar-refractivity contribution is 0.231. The van der Waals surface area contributed by atoms with Crippen molar-refractivity contribution in [2.24, 2.45) is 0 Å². The summed E-state index contributed by atoms with van der Waals surface area (Å²) in [6.07, 6.45) is 1.66. The summed E-state index contributed by atoms with van der Waals surface area (Å²) in [4.78, 5) is 3.88. The van der Waals surface area contributed by atoms with Gasteiger partial charge in [0.1, 0.15) is 12.4 Å². The Morgan fingerprint density at radius 2 is 2.18 bits per heavy atom. The zero-order valence-corrected chi connectivity index (χ0v) is 7.09. The van der Waals surface area contributed by atoms with Gasteiger partial charge in [-0.2, -0.15) is 0 Å². The molecule has 11 heavy (non-hydrogen) atoms. The molecule has 0 aliphatic rings. The van der Waals surface area contributed by atoms with Gasteiger partial charge in [0.05, 0.1) is 6.20 Å². The van der Waals surface area contributed by atoms with Gasteiger partial charge in [0.25, 0.3) is 0 Å². The van der Waals surface area contributed by atoms with E-state index in [-0.39, 0.29) is 12.0 Å². The molecule has 3 heteroatoms. The van der Waals surface area contributed by atoms with Gasteiger partial charge in [0.15, 0.2) is 0 Å². The first-order chi connectivity index (χ1) is 5.04. The number of aliphatic hydroxyl groups excluding tert-OH is 1. The second-order valence-corrected chi connectivity index (χ2v) is 3.53. The molecule has 0 aliphatic carbocycles. The van der Waals surface area contributed by atoms with Crippen LogP contribution in [0.25, 0.3) is 0 Å². The first-order valence-electron chi connectivity index (χ1n) is 3.60. The highest BCUT2D eigenvalue weighted by Gasteiger charge is 2.18. The van der Waals surface area contributed by atoms with Crippen LogP contribution in [0.1, 0.15) is 32.4 Å². The molecule has 0 atom stereocenters. The molecular formula is C8H13NO2. The number of hydrogen-bond acceptors (Lipinski definition) is 3. The zero-order valence-electron chi connectivity index (χ0n) is 7.09. The van der Waals surface area contributed by atoms with E-state index >= 15 is 0 Å². The van der Waals surface area contributed by atoms with E-state index in [1.807, 2.05) is 20.8 Å². The molecule has 0 unspecified atom stereocenters. The predicted octanol–water partition coefficient (Wildman–Crippen LogP) is 1.46. The fourth-order valence-corrected chi connectivity index (χ4v) is 0.730. The number of nitrogens with zero attached hydrogens (tertiary/aromatic N) is 1. The van der Waals surface area contributed by atoms with Crippen molar-refractivity contribution >= 4 is 0 Å². The highest BCUT2D eigenvalue weighted by molar-refractivity contribution is 5.05. The van der Waals surface area contributed by atoms with Crippen molar-refractivity contribution in [1.82, 2.24) is 4.98 Å². The van der Waals surface area contributed by atoms with Gasteiger partial charge in [-0.25, -0.2) is 4.98 Å². The van der Waals surface area contributed by atoms with Crippen LogP contribution < -0.4 is 0 Å². The van der Waals surface area contributed by atoms with Crippen molar-refractivity contribution in [3.05, 3.63) is 17.8 Å². The van der Waals surface area contributed by atoms with Crippen LogP contribution >= 0.6 is 0 Å². The molecule has 1 heterocycles. The molecule has 0 aliphatic heterocycles. The molecular weight excluding hydrogens is 142 g/mol.